The van der Waals surface area contributed by atoms with Gasteiger partial charge in [0.05, 0.1) is 11.1 Å². The van der Waals surface area contributed by atoms with Gasteiger partial charge in [0.25, 0.3) is 0 Å². The van der Waals surface area contributed by atoms with Gasteiger partial charge in [-0.15, -0.1) is 0 Å². The van der Waals surface area contributed by atoms with Crippen LogP contribution < -0.4 is 0 Å². The molecule has 0 saturated heterocycles. The van der Waals surface area contributed by atoms with Crippen molar-refractivity contribution >= 4 is 23.1 Å². The molecule has 84 valence electrons. The second kappa shape index (κ2) is 4.14. The van der Waals surface area contributed by atoms with Crippen LogP contribution in [-0.4, -0.2) is 20.5 Å². The number of rotatable bonds is 3. The lowest BCUT2D eigenvalue weighted by molar-refractivity contribution is 0.0698. The number of hydrogen-bond acceptors (Lipinski definition) is 2. The number of imidazole rings is 1. The summed E-state index contributed by atoms with van der Waals surface area (Å²) in [6.45, 7) is 2.04. The molecule has 2 aromatic rings. The van der Waals surface area contributed by atoms with Crippen molar-refractivity contribution in [2.45, 2.75) is 19.8 Å². The Morgan fingerprint density at radius 1 is 1.62 bits per heavy atom. The largest absolute Gasteiger partial charge is 0.478 e. The Hall–Kier alpha value is -1.55. The van der Waals surface area contributed by atoms with Crippen molar-refractivity contribution in [3.05, 3.63) is 34.9 Å². The molecule has 0 aliphatic heterocycles. The van der Waals surface area contributed by atoms with Gasteiger partial charge in [0.1, 0.15) is 5.82 Å². The van der Waals surface area contributed by atoms with Crippen molar-refractivity contribution in [2.75, 3.05) is 0 Å². The van der Waals surface area contributed by atoms with E-state index in [4.69, 9.17) is 16.7 Å². The molecule has 0 radical (unpaired) electrons. The minimum atomic E-state index is -0.990. The first-order valence-electron chi connectivity index (χ1n) is 5.04. The normalized spacial score (nSPS) is 10.9. The summed E-state index contributed by atoms with van der Waals surface area (Å²) >= 11 is 5.97. The number of carboxylic acids is 1. The third-order valence-corrected chi connectivity index (χ3v) is 2.66. The highest BCUT2D eigenvalue weighted by molar-refractivity contribution is 6.33. The summed E-state index contributed by atoms with van der Waals surface area (Å²) in [6, 6.07) is 3.22. The van der Waals surface area contributed by atoms with Crippen molar-refractivity contribution in [1.29, 1.82) is 0 Å². The van der Waals surface area contributed by atoms with Crippen molar-refractivity contribution in [3.63, 3.8) is 0 Å². The fourth-order valence-electron chi connectivity index (χ4n) is 1.73. The predicted octanol–water partition coefficient (Wildman–Crippen LogP) is 2.64. The highest BCUT2D eigenvalue weighted by atomic mass is 35.5. The second-order valence-electron chi connectivity index (χ2n) is 3.51. The number of carbonyl (C=O) groups is 1. The molecule has 0 unspecified atom stereocenters. The van der Waals surface area contributed by atoms with Crippen LogP contribution in [0.5, 0.6) is 0 Å². The molecule has 4 nitrogen and oxygen atoms in total. The summed E-state index contributed by atoms with van der Waals surface area (Å²) in [5.74, 6) is -0.193. The molecule has 0 aromatic carbocycles. The standard InChI is InChI=1S/C11H11ClN2O2/c1-2-4-8-13-10(12)9-7(11(15)16)5-3-6-14(8)9/h3,5-6H,2,4H2,1H3,(H,15,16). The third kappa shape index (κ3) is 1.65. The molecule has 0 saturated carbocycles. The third-order valence-electron chi connectivity index (χ3n) is 2.40. The Balaban J connectivity index is 2.74. The summed E-state index contributed by atoms with van der Waals surface area (Å²) in [5, 5.41) is 9.30. The number of aromatic nitrogens is 2. The Morgan fingerprint density at radius 3 is 3.00 bits per heavy atom. The molecule has 0 spiro atoms. The Kier molecular flexibility index (Phi) is 2.83. The second-order valence-corrected chi connectivity index (χ2v) is 3.87. The number of pyridine rings is 1. The van der Waals surface area contributed by atoms with Gasteiger partial charge < -0.3 is 9.51 Å². The summed E-state index contributed by atoms with van der Waals surface area (Å²) in [7, 11) is 0. The van der Waals surface area contributed by atoms with Crippen LogP contribution in [0.25, 0.3) is 5.52 Å². The Bertz CT molecular complexity index is 548. The van der Waals surface area contributed by atoms with Crippen molar-refractivity contribution in [3.8, 4) is 0 Å². The lowest BCUT2D eigenvalue weighted by Gasteiger charge is -2.01. The van der Waals surface area contributed by atoms with Gasteiger partial charge in [-0.3, -0.25) is 0 Å². The van der Waals surface area contributed by atoms with E-state index in [2.05, 4.69) is 4.98 Å². The average Bonchev–Trinajstić information content (AvgIpc) is 2.57. The minimum absolute atomic E-state index is 0.183. The zero-order chi connectivity index (χ0) is 11.7. The molecule has 1 N–H and O–H groups in total. The quantitative estimate of drug-likeness (QED) is 0.894. The maximum Gasteiger partial charge on any atom is 0.337 e. The van der Waals surface area contributed by atoms with Crippen LogP contribution in [0.3, 0.4) is 0 Å². The lowest BCUT2D eigenvalue weighted by atomic mass is 10.2. The van der Waals surface area contributed by atoms with E-state index in [1.165, 1.54) is 6.07 Å². The van der Waals surface area contributed by atoms with E-state index in [1.54, 1.807) is 16.7 Å². The number of halogens is 1. The van der Waals surface area contributed by atoms with Gasteiger partial charge >= 0.3 is 5.97 Å². The van der Waals surface area contributed by atoms with Crippen molar-refractivity contribution in [2.24, 2.45) is 0 Å². The SMILES string of the molecule is CCCc1nc(Cl)c2c(C(=O)O)cccn12. The van der Waals surface area contributed by atoms with Crippen LogP contribution in [0, 0.1) is 0 Å². The molecular weight excluding hydrogens is 228 g/mol. The molecule has 0 atom stereocenters. The van der Waals surface area contributed by atoms with Crippen LogP contribution >= 0.6 is 11.6 Å². The van der Waals surface area contributed by atoms with Gasteiger partial charge in [0, 0.05) is 12.6 Å². The molecule has 0 bridgehead atoms. The van der Waals surface area contributed by atoms with Crippen LogP contribution in [0.4, 0.5) is 0 Å². The van der Waals surface area contributed by atoms with E-state index < -0.39 is 5.97 Å². The average molecular weight is 239 g/mol. The summed E-state index contributed by atoms with van der Waals surface area (Å²) in [4.78, 5) is 15.2. The first-order chi connectivity index (χ1) is 7.65. The highest BCUT2D eigenvalue weighted by Crippen LogP contribution is 2.22. The molecular formula is C11H11ClN2O2. The topological polar surface area (TPSA) is 54.6 Å². The summed E-state index contributed by atoms with van der Waals surface area (Å²) in [6.07, 6.45) is 3.50. The number of aryl methyl sites for hydroxylation is 1. The molecule has 0 aliphatic carbocycles. The van der Waals surface area contributed by atoms with E-state index >= 15 is 0 Å². The smallest absolute Gasteiger partial charge is 0.337 e. The zero-order valence-corrected chi connectivity index (χ0v) is 9.53. The van der Waals surface area contributed by atoms with E-state index in [0.29, 0.717) is 5.52 Å². The Morgan fingerprint density at radius 2 is 2.38 bits per heavy atom. The number of fused-ring (bicyclic) bond motifs is 1. The summed E-state index contributed by atoms with van der Waals surface area (Å²) < 4.78 is 1.75. The monoisotopic (exact) mass is 238 g/mol. The maximum absolute atomic E-state index is 11.0. The molecule has 2 aromatic heterocycles. The van der Waals surface area contributed by atoms with Crippen LogP contribution in [0.15, 0.2) is 18.3 Å². The fraction of sp³-hybridized carbons (Fsp3) is 0.273. The Labute approximate surface area is 97.5 Å². The van der Waals surface area contributed by atoms with E-state index in [-0.39, 0.29) is 10.7 Å². The minimum Gasteiger partial charge on any atom is -0.478 e. The summed E-state index contributed by atoms with van der Waals surface area (Å²) in [5.41, 5.74) is 0.655. The van der Waals surface area contributed by atoms with Crippen LogP contribution in [0.2, 0.25) is 5.15 Å². The molecule has 0 fully saturated rings. The van der Waals surface area contributed by atoms with Gasteiger partial charge in [-0.25, -0.2) is 9.78 Å². The fourth-order valence-corrected chi connectivity index (χ4v) is 2.02. The van der Waals surface area contributed by atoms with Gasteiger partial charge in [0.15, 0.2) is 5.15 Å². The highest BCUT2D eigenvalue weighted by Gasteiger charge is 2.15. The predicted molar refractivity (Wildman–Crippen MR) is 61.2 cm³/mol. The number of hydrogen-bond donors (Lipinski definition) is 1. The van der Waals surface area contributed by atoms with Crippen molar-refractivity contribution < 1.29 is 9.90 Å². The van der Waals surface area contributed by atoms with Crippen LogP contribution in [0.1, 0.15) is 29.5 Å². The van der Waals surface area contributed by atoms with Gasteiger partial charge in [-0.2, -0.15) is 0 Å². The van der Waals surface area contributed by atoms with Gasteiger partial charge in [-0.05, 0) is 18.6 Å². The van der Waals surface area contributed by atoms with Gasteiger partial charge in [-0.1, -0.05) is 18.5 Å². The van der Waals surface area contributed by atoms with E-state index in [9.17, 15) is 4.79 Å². The first kappa shape index (κ1) is 11.0. The van der Waals surface area contributed by atoms with Crippen molar-refractivity contribution in [1.82, 2.24) is 9.38 Å². The molecule has 16 heavy (non-hydrogen) atoms. The molecule has 5 heteroatoms. The molecule has 0 aliphatic rings. The molecule has 2 heterocycles. The van der Waals surface area contributed by atoms with E-state index in [1.807, 2.05) is 6.92 Å². The van der Waals surface area contributed by atoms with E-state index in [0.717, 1.165) is 18.7 Å². The number of aromatic carboxylic acids is 1. The molecule has 2 rings (SSSR count). The molecule has 0 amide bonds. The maximum atomic E-state index is 11.0. The lowest BCUT2D eigenvalue weighted by Crippen LogP contribution is -2.01. The van der Waals surface area contributed by atoms with Crippen LogP contribution in [-0.2, 0) is 6.42 Å². The zero-order valence-electron chi connectivity index (χ0n) is 8.77. The number of nitrogens with zero attached hydrogens (tertiary/aromatic N) is 2. The van der Waals surface area contributed by atoms with Gasteiger partial charge in [0.2, 0.25) is 0 Å². The first-order valence-corrected chi connectivity index (χ1v) is 5.41. The number of carboxylic acid groups (broad SMARTS) is 1.